The molecule has 0 fully saturated rings. The van der Waals surface area contributed by atoms with Gasteiger partial charge in [-0.3, -0.25) is 0 Å². The summed E-state index contributed by atoms with van der Waals surface area (Å²) in [5, 5.41) is 10.8. The minimum Gasteiger partial charge on any atom is -0.545 e. The van der Waals surface area contributed by atoms with E-state index >= 15 is 0 Å². The molecule has 72 valence electrons. The van der Waals surface area contributed by atoms with Gasteiger partial charge < -0.3 is 14.9 Å². The second-order valence-electron chi connectivity index (χ2n) is 3.28. The smallest absolute Gasteiger partial charge is 0.545 e. The maximum Gasteiger partial charge on any atom is 1.00 e. The van der Waals surface area contributed by atoms with E-state index in [1.54, 1.807) is 19.3 Å². The van der Waals surface area contributed by atoms with Gasteiger partial charge in [-0.25, -0.2) is 4.98 Å². The summed E-state index contributed by atoms with van der Waals surface area (Å²) in [5.41, 5.74) is 3.31. The van der Waals surface area contributed by atoms with Gasteiger partial charge in [0, 0.05) is 5.56 Å². The number of carboxylic acids is 1. The number of hydrogen-bond acceptors (Lipinski definition) is 3. The fourth-order valence-electron chi connectivity index (χ4n) is 1.62. The van der Waals surface area contributed by atoms with Gasteiger partial charge in [-0.15, -0.1) is 0 Å². The number of nitrogens with zero attached hydrogens (tertiary/aromatic N) is 1. The molecule has 0 saturated heterocycles. The average Bonchev–Trinajstić information content (AvgIpc) is 2.59. The van der Waals surface area contributed by atoms with E-state index in [2.05, 4.69) is 9.97 Å². The summed E-state index contributed by atoms with van der Waals surface area (Å²) < 4.78 is 0. The zero-order chi connectivity index (χ0) is 10.3. The van der Waals surface area contributed by atoms with E-state index in [0.29, 0.717) is 5.56 Å². The van der Waals surface area contributed by atoms with Crippen LogP contribution >= 0.6 is 0 Å². The fourth-order valence-corrected chi connectivity index (χ4v) is 1.62. The number of imidazole rings is 1. The van der Waals surface area contributed by atoms with Crippen LogP contribution in [-0.2, 0) is 0 Å². The molecule has 0 spiro atoms. The van der Waals surface area contributed by atoms with E-state index in [-0.39, 0.29) is 24.4 Å². The van der Waals surface area contributed by atoms with Gasteiger partial charge >= 0.3 is 18.9 Å². The van der Waals surface area contributed by atoms with Crippen LogP contribution in [0.15, 0.2) is 12.4 Å². The normalized spacial score (nSPS) is 10.0. The van der Waals surface area contributed by atoms with Gasteiger partial charge in [0.15, 0.2) is 0 Å². The predicted octanol–water partition coefficient (Wildman–Crippen LogP) is -2.45. The Morgan fingerprint density at radius 3 is 2.73 bits per heavy atom. The Morgan fingerprint density at radius 1 is 1.47 bits per heavy atom. The van der Waals surface area contributed by atoms with Crippen LogP contribution in [0.3, 0.4) is 0 Å². The summed E-state index contributed by atoms with van der Waals surface area (Å²) in [6.45, 7) is 3.57. The summed E-state index contributed by atoms with van der Waals surface area (Å²) in [6.07, 6.45) is 1.56. The molecule has 0 aliphatic rings. The first-order valence-electron chi connectivity index (χ1n) is 4.26. The monoisotopic (exact) mass is 196 g/mol. The first-order valence-corrected chi connectivity index (χ1v) is 4.26. The second-order valence-corrected chi connectivity index (χ2v) is 3.28. The molecular weight excluding hydrogens is 187 g/mol. The van der Waals surface area contributed by atoms with E-state index in [4.69, 9.17) is 0 Å². The van der Waals surface area contributed by atoms with Crippen molar-refractivity contribution in [2.45, 2.75) is 13.8 Å². The fraction of sp³-hybridized carbons (Fsp3) is 0.200. The number of nitrogens with one attached hydrogen (secondary N) is 1. The Labute approximate surface area is 98.9 Å². The molecule has 0 aliphatic carbocycles. The molecule has 0 saturated carbocycles. The number of carbonyl (C=O) groups is 1. The van der Waals surface area contributed by atoms with E-state index in [9.17, 15) is 9.90 Å². The molecule has 1 aromatic heterocycles. The third-order valence-corrected chi connectivity index (χ3v) is 2.37. The number of carboxylic acid groups (broad SMARTS) is 1. The Kier molecular flexibility index (Phi) is 3.23. The van der Waals surface area contributed by atoms with Gasteiger partial charge in [0.25, 0.3) is 0 Å². The molecule has 2 rings (SSSR count). The summed E-state index contributed by atoms with van der Waals surface area (Å²) in [4.78, 5) is 17.8. The van der Waals surface area contributed by atoms with Crippen LogP contribution in [-0.4, -0.2) is 15.9 Å². The number of aryl methyl sites for hydroxylation is 2. The summed E-state index contributed by atoms with van der Waals surface area (Å²) >= 11 is 0. The number of aromatic nitrogens is 2. The number of hydrogen-bond donors (Lipinski definition) is 1. The molecule has 0 unspecified atom stereocenters. The van der Waals surface area contributed by atoms with Gasteiger partial charge in [-0.2, -0.15) is 0 Å². The molecule has 1 aromatic carbocycles. The summed E-state index contributed by atoms with van der Waals surface area (Å²) in [5.74, 6) is -1.15. The maximum atomic E-state index is 10.8. The van der Waals surface area contributed by atoms with Crippen molar-refractivity contribution >= 4 is 17.0 Å². The second kappa shape index (κ2) is 4.09. The Balaban J connectivity index is 0.00000112. The number of aromatic amines is 1. The Hall–Kier alpha value is -1.24. The van der Waals surface area contributed by atoms with Crippen molar-refractivity contribution < 1.29 is 28.8 Å². The van der Waals surface area contributed by atoms with Crippen molar-refractivity contribution in [3.8, 4) is 0 Å². The molecule has 0 bridgehead atoms. The summed E-state index contributed by atoms with van der Waals surface area (Å²) in [6, 6.07) is 1.59. The van der Waals surface area contributed by atoms with E-state index in [1.807, 2.05) is 6.92 Å². The third kappa shape index (κ3) is 1.79. The van der Waals surface area contributed by atoms with Gasteiger partial charge in [-0.1, -0.05) is 0 Å². The number of H-pyrrole nitrogens is 1. The number of benzene rings is 1. The molecule has 1 N–H and O–H groups in total. The number of fused-ring (bicyclic) bond motifs is 1. The molecule has 4 nitrogen and oxygen atoms in total. The largest absolute Gasteiger partial charge is 1.00 e. The van der Waals surface area contributed by atoms with Crippen LogP contribution < -0.4 is 24.0 Å². The molecule has 15 heavy (non-hydrogen) atoms. The quantitative estimate of drug-likeness (QED) is 0.515. The zero-order valence-corrected chi connectivity index (χ0v) is 8.92. The summed E-state index contributed by atoms with van der Waals surface area (Å²) in [7, 11) is 0. The SMILES string of the molecule is Cc1cc(C(=O)[O-])c(C)c2[nH]cnc12.[Li+]. The zero-order valence-electron chi connectivity index (χ0n) is 8.92. The molecular formula is C10H9LiN2O2. The standard InChI is InChI=1S/C10H10N2O2.Li/c1-5-3-7(10(13)14)6(2)9-8(5)11-4-12-9;/h3-4H,1-2H3,(H,11,12)(H,13,14);/q;+1/p-1. The van der Waals surface area contributed by atoms with E-state index < -0.39 is 5.97 Å². The molecule has 0 aliphatic heterocycles. The van der Waals surface area contributed by atoms with E-state index in [0.717, 1.165) is 16.6 Å². The van der Waals surface area contributed by atoms with Crippen LogP contribution in [0.2, 0.25) is 0 Å². The minimum absolute atomic E-state index is 0. The van der Waals surface area contributed by atoms with Gasteiger partial charge in [0.1, 0.15) is 0 Å². The molecule has 1 heterocycles. The minimum atomic E-state index is -1.15. The van der Waals surface area contributed by atoms with Crippen molar-refractivity contribution in [2.75, 3.05) is 0 Å². The van der Waals surface area contributed by atoms with Crippen molar-refractivity contribution in [1.82, 2.24) is 9.97 Å². The van der Waals surface area contributed by atoms with Crippen molar-refractivity contribution in [2.24, 2.45) is 0 Å². The van der Waals surface area contributed by atoms with Gasteiger partial charge in [-0.05, 0) is 31.0 Å². The van der Waals surface area contributed by atoms with E-state index in [1.165, 1.54) is 0 Å². The number of rotatable bonds is 1. The van der Waals surface area contributed by atoms with Gasteiger partial charge in [0.2, 0.25) is 0 Å². The Bertz CT molecular complexity index is 519. The number of aromatic carboxylic acids is 1. The van der Waals surface area contributed by atoms with Crippen LogP contribution in [0.1, 0.15) is 21.5 Å². The molecule has 0 radical (unpaired) electrons. The third-order valence-electron chi connectivity index (χ3n) is 2.37. The number of carbonyl (C=O) groups excluding carboxylic acids is 1. The average molecular weight is 196 g/mol. The van der Waals surface area contributed by atoms with Crippen LogP contribution in [0.5, 0.6) is 0 Å². The van der Waals surface area contributed by atoms with Crippen LogP contribution in [0.4, 0.5) is 0 Å². The first-order chi connectivity index (χ1) is 6.61. The Morgan fingerprint density at radius 2 is 2.13 bits per heavy atom. The topological polar surface area (TPSA) is 68.8 Å². The van der Waals surface area contributed by atoms with Crippen LogP contribution in [0.25, 0.3) is 11.0 Å². The molecule has 0 atom stereocenters. The molecule has 0 amide bonds. The predicted molar refractivity (Wildman–Crippen MR) is 49.9 cm³/mol. The van der Waals surface area contributed by atoms with Crippen molar-refractivity contribution in [3.05, 3.63) is 29.1 Å². The molecule has 5 heteroatoms. The maximum absolute atomic E-state index is 10.8. The van der Waals surface area contributed by atoms with Crippen molar-refractivity contribution in [1.29, 1.82) is 0 Å². The van der Waals surface area contributed by atoms with Crippen LogP contribution in [0, 0.1) is 13.8 Å². The van der Waals surface area contributed by atoms with Gasteiger partial charge in [0.05, 0.1) is 23.3 Å². The first kappa shape index (κ1) is 11.8. The molecule has 2 aromatic rings. The van der Waals surface area contributed by atoms with Crippen molar-refractivity contribution in [3.63, 3.8) is 0 Å².